The first-order chi connectivity index (χ1) is 13.8. The average molecular weight is 399 g/mol. The fourth-order valence-corrected chi connectivity index (χ4v) is 4.34. The minimum Gasteiger partial charge on any atom is -0.491 e. The molecular weight excluding hydrogens is 364 g/mol. The van der Waals surface area contributed by atoms with Crippen molar-refractivity contribution >= 4 is 0 Å². The molecule has 0 radical (unpaired) electrons. The fraction of sp³-hybridized carbons (Fsp3) is 0.600. The number of ether oxygens (including phenoxy) is 4. The maximum absolute atomic E-state index is 6.06. The van der Waals surface area contributed by atoms with E-state index in [1.165, 1.54) is 27.8 Å². The monoisotopic (exact) mass is 398 g/mol. The van der Waals surface area contributed by atoms with Crippen molar-refractivity contribution in [2.75, 3.05) is 26.4 Å². The zero-order valence-corrected chi connectivity index (χ0v) is 18.6. The molecule has 158 valence electrons. The van der Waals surface area contributed by atoms with Crippen molar-refractivity contribution in [3.05, 3.63) is 51.8 Å². The number of aryl methyl sites for hydroxylation is 2. The van der Waals surface area contributed by atoms with Crippen LogP contribution in [-0.4, -0.2) is 38.6 Å². The van der Waals surface area contributed by atoms with Crippen molar-refractivity contribution < 1.29 is 18.9 Å². The molecule has 0 bridgehead atoms. The van der Waals surface area contributed by atoms with Crippen molar-refractivity contribution in [1.82, 2.24) is 0 Å². The lowest BCUT2D eigenvalue weighted by Gasteiger charge is -2.37. The highest BCUT2D eigenvalue weighted by molar-refractivity contribution is 5.47. The molecule has 2 heterocycles. The van der Waals surface area contributed by atoms with Crippen LogP contribution in [-0.2, 0) is 19.6 Å². The van der Waals surface area contributed by atoms with Gasteiger partial charge in [0.05, 0.1) is 13.2 Å². The van der Waals surface area contributed by atoms with E-state index >= 15 is 0 Å². The zero-order chi connectivity index (χ0) is 20.8. The standard InChI is InChI=1S/C25H34O4/c1-15-7-19(8-16(2)23(15)28-13-21-11-26-21)25(5,6)20-9-17(3)24(18(4)10-20)29-14-22-12-27-22/h7-9,20-22H,10-14H2,1-6H3. The van der Waals surface area contributed by atoms with E-state index in [1.807, 2.05) is 0 Å². The van der Waals surface area contributed by atoms with Crippen LogP contribution >= 0.6 is 0 Å². The summed E-state index contributed by atoms with van der Waals surface area (Å²) < 4.78 is 22.7. The minimum absolute atomic E-state index is 0.0152. The van der Waals surface area contributed by atoms with Gasteiger partial charge in [-0.2, -0.15) is 0 Å². The van der Waals surface area contributed by atoms with Crippen LogP contribution in [0.4, 0.5) is 0 Å². The summed E-state index contributed by atoms with van der Waals surface area (Å²) in [4.78, 5) is 0. The summed E-state index contributed by atoms with van der Waals surface area (Å²) in [6.45, 7) is 16.3. The minimum atomic E-state index is 0.0152. The largest absolute Gasteiger partial charge is 0.491 e. The molecule has 2 fully saturated rings. The number of epoxide rings is 2. The van der Waals surface area contributed by atoms with E-state index in [0.29, 0.717) is 19.1 Å². The van der Waals surface area contributed by atoms with Crippen LogP contribution in [0, 0.1) is 19.8 Å². The molecule has 4 nitrogen and oxygen atoms in total. The molecule has 1 aromatic carbocycles. The first kappa shape index (κ1) is 20.5. The van der Waals surface area contributed by atoms with Crippen LogP contribution in [0.1, 0.15) is 50.8 Å². The lowest BCUT2D eigenvalue weighted by atomic mass is 9.68. The van der Waals surface area contributed by atoms with Gasteiger partial charge in [-0.1, -0.05) is 32.1 Å². The van der Waals surface area contributed by atoms with E-state index in [2.05, 4.69) is 59.8 Å². The molecule has 0 saturated carbocycles. The third-order valence-electron chi connectivity index (χ3n) is 6.49. The van der Waals surface area contributed by atoms with Crippen molar-refractivity contribution in [1.29, 1.82) is 0 Å². The Kier molecular flexibility index (Phi) is 5.52. The maximum atomic E-state index is 6.06. The van der Waals surface area contributed by atoms with Gasteiger partial charge in [0.25, 0.3) is 0 Å². The molecule has 0 N–H and O–H groups in total. The van der Waals surface area contributed by atoms with Crippen LogP contribution < -0.4 is 4.74 Å². The molecule has 3 unspecified atom stereocenters. The van der Waals surface area contributed by atoms with Gasteiger partial charge in [0, 0.05) is 0 Å². The number of hydrogen-bond acceptors (Lipinski definition) is 4. The Labute approximate surface area is 174 Å². The highest BCUT2D eigenvalue weighted by Gasteiger charge is 2.34. The van der Waals surface area contributed by atoms with Gasteiger partial charge in [0.1, 0.15) is 36.9 Å². The molecule has 1 aromatic rings. The topological polar surface area (TPSA) is 43.5 Å². The summed E-state index contributed by atoms with van der Waals surface area (Å²) in [5.41, 5.74) is 6.35. The Morgan fingerprint density at radius 2 is 1.48 bits per heavy atom. The highest BCUT2D eigenvalue weighted by Crippen LogP contribution is 2.43. The Morgan fingerprint density at radius 1 is 0.931 bits per heavy atom. The summed E-state index contributed by atoms with van der Waals surface area (Å²) in [5, 5.41) is 0. The van der Waals surface area contributed by atoms with Gasteiger partial charge in [0.15, 0.2) is 0 Å². The lowest BCUT2D eigenvalue weighted by molar-refractivity contribution is 0.182. The van der Waals surface area contributed by atoms with Gasteiger partial charge in [-0.15, -0.1) is 0 Å². The average Bonchev–Trinajstić information content (AvgIpc) is 3.54. The molecule has 29 heavy (non-hydrogen) atoms. The SMILES string of the molecule is CC1=CC(C(C)(C)c2cc(C)c(OCC3CO3)c(C)c2)CC(C)=C1OCC1CO1. The van der Waals surface area contributed by atoms with E-state index in [1.54, 1.807) is 0 Å². The quantitative estimate of drug-likeness (QED) is 0.577. The Bertz CT molecular complexity index is 817. The normalized spacial score (nSPS) is 26.3. The molecule has 4 rings (SSSR count). The van der Waals surface area contributed by atoms with Crippen molar-refractivity contribution in [2.24, 2.45) is 5.92 Å². The second-order valence-corrected chi connectivity index (χ2v) is 9.46. The van der Waals surface area contributed by atoms with E-state index in [0.717, 1.165) is 31.1 Å². The Balaban J connectivity index is 1.51. The van der Waals surface area contributed by atoms with Gasteiger partial charge in [0.2, 0.25) is 0 Å². The van der Waals surface area contributed by atoms with Crippen LogP contribution in [0.25, 0.3) is 0 Å². The predicted octanol–water partition coefficient (Wildman–Crippen LogP) is 5.01. The molecule has 2 aliphatic heterocycles. The van der Waals surface area contributed by atoms with Gasteiger partial charge >= 0.3 is 0 Å². The molecule has 1 aliphatic carbocycles. The molecule has 3 aliphatic rings. The zero-order valence-electron chi connectivity index (χ0n) is 18.6. The van der Waals surface area contributed by atoms with E-state index in [4.69, 9.17) is 18.9 Å². The molecule has 0 spiro atoms. The Hall–Kier alpha value is -1.78. The summed E-state index contributed by atoms with van der Waals surface area (Å²) in [6, 6.07) is 4.60. The van der Waals surface area contributed by atoms with Gasteiger partial charge in [-0.25, -0.2) is 0 Å². The number of hydrogen-bond donors (Lipinski definition) is 0. The molecule has 4 heteroatoms. The van der Waals surface area contributed by atoms with Crippen molar-refractivity contribution in [2.45, 2.75) is 65.6 Å². The predicted molar refractivity (Wildman–Crippen MR) is 114 cm³/mol. The van der Waals surface area contributed by atoms with Crippen LogP contribution in [0.15, 0.2) is 35.1 Å². The van der Waals surface area contributed by atoms with Crippen LogP contribution in [0.3, 0.4) is 0 Å². The van der Waals surface area contributed by atoms with E-state index in [-0.39, 0.29) is 17.6 Å². The molecular formula is C25H34O4. The maximum Gasteiger partial charge on any atom is 0.125 e. The molecule has 2 saturated heterocycles. The molecule has 3 atom stereocenters. The van der Waals surface area contributed by atoms with Crippen LogP contribution in [0.5, 0.6) is 5.75 Å². The van der Waals surface area contributed by atoms with E-state index in [9.17, 15) is 0 Å². The third-order valence-corrected chi connectivity index (χ3v) is 6.49. The summed E-state index contributed by atoms with van der Waals surface area (Å²) >= 11 is 0. The van der Waals surface area contributed by atoms with Gasteiger partial charge in [-0.3, -0.25) is 0 Å². The Morgan fingerprint density at radius 3 is 2.00 bits per heavy atom. The lowest BCUT2D eigenvalue weighted by Crippen LogP contribution is -2.30. The summed E-state index contributed by atoms with van der Waals surface area (Å²) in [5.74, 6) is 2.49. The van der Waals surface area contributed by atoms with Crippen LogP contribution in [0.2, 0.25) is 0 Å². The number of benzene rings is 1. The first-order valence-corrected chi connectivity index (χ1v) is 10.7. The van der Waals surface area contributed by atoms with Gasteiger partial charge < -0.3 is 18.9 Å². The highest BCUT2D eigenvalue weighted by atomic mass is 16.6. The van der Waals surface area contributed by atoms with Crippen molar-refractivity contribution in [3.8, 4) is 5.75 Å². The van der Waals surface area contributed by atoms with Gasteiger partial charge in [-0.05, 0) is 73.3 Å². The number of allylic oxidation sites excluding steroid dienone is 3. The first-order valence-electron chi connectivity index (χ1n) is 10.7. The summed E-state index contributed by atoms with van der Waals surface area (Å²) in [6.07, 6.45) is 3.98. The second-order valence-electron chi connectivity index (χ2n) is 9.46. The molecule has 0 amide bonds. The fourth-order valence-electron chi connectivity index (χ4n) is 4.34. The van der Waals surface area contributed by atoms with E-state index < -0.39 is 0 Å². The second kappa shape index (κ2) is 7.81. The number of rotatable bonds is 8. The third kappa shape index (κ3) is 4.54. The smallest absolute Gasteiger partial charge is 0.125 e. The molecule has 0 aromatic heterocycles. The van der Waals surface area contributed by atoms with Crippen molar-refractivity contribution in [3.63, 3.8) is 0 Å². The summed E-state index contributed by atoms with van der Waals surface area (Å²) in [7, 11) is 0.